The van der Waals surface area contributed by atoms with Gasteiger partial charge in [0.05, 0.1) is 3.79 Å². The van der Waals surface area contributed by atoms with Gasteiger partial charge in [-0.15, -0.1) is 11.3 Å². The van der Waals surface area contributed by atoms with Gasteiger partial charge >= 0.3 is 12.3 Å². The number of rotatable bonds is 3. The minimum Gasteiger partial charge on any atom is -0.381 e. The van der Waals surface area contributed by atoms with Crippen molar-refractivity contribution in [3.63, 3.8) is 0 Å². The number of alkyl halides is 4. The van der Waals surface area contributed by atoms with Gasteiger partial charge in [0.25, 0.3) is 0 Å². The van der Waals surface area contributed by atoms with Crippen LogP contribution in [0.25, 0.3) is 0 Å². The molecule has 0 radical (unpaired) electrons. The van der Waals surface area contributed by atoms with Crippen LogP contribution in [0.4, 0.5) is 17.6 Å². The number of halogens is 6. The fraction of sp³-hybridized carbons (Fsp3) is 0.429. The van der Waals surface area contributed by atoms with E-state index in [-0.39, 0.29) is 4.88 Å². The van der Waals surface area contributed by atoms with Crippen LogP contribution in [0, 0.1) is 0 Å². The van der Waals surface area contributed by atoms with Crippen LogP contribution >= 0.6 is 43.2 Å². The second kappa shape index (κ2) is 4.68. The van der Waals surface area contributed by atoms with Gasteiger partial charge in [0.2, 0.25) is 0 Å². The van der Waals surface area contributed by atoms with Gasteiger partial charge in [0.15, 0.2) is 6.10 Å². The lowest BCUT2D eigenvalue weighted by Crippen LogP contribution is -2.33. The van der Waals surface area contributed by atoms with Crippen LogP contribution < -0.4 is 0 Å². The van der Waals surface area contributed by atoms with Gasteiger partial charge in [-0.05, 0) is 37.9 Å². The molecule has 1 aromatic rings. The van der Waals surface area contributed by atoms with Crippen molar-refractivity contribution in [2.45, 2.75) is 18.5 Å². The van der Waals surface area contributed by atoms with E-state index in [1.807, 2.05) is 0 Å². The molecular formula is C7H4Br2F4OS. The monoisotopic (exact) mass is 370 g/mol. The standard InChI is InChI=1S/C7H4Br2F4OS/c8-2-1-3(15-5(2)9)4(14)7(12,13)6(10)11/h1,4,6,14H. The predicted molar refractivity (Wildman–Crippen MR) is 55.6 cm³/mol. The average Bonchev–Trinajstić information content (AvgIpc) is 2.45. The number of thiophene rings is 1. The third-order valence-electron chi connectivity index (χ3n) is 1.59. The van der Waals surface area contributed by atoms with Crippen LogP contribution in [-0.4, -0.2) is 17.5 Å². The number of aliphatic hydroxyl groups excluding tert-OH is 1. The van der Waals surface area contributed by atoms with Crippen molar-refractivity contribution in [1.29, 1.82) is 0 Å². The molecular weight excluding hydrogens is 368 g/mol. The van der Waals surface area contributed by atoms with Gasteiger partial charge in [-0.1, -0.05) is 0 Å². The molecule has 0 amide bonds. The highest BCUT2D eigenvalue weighted by Gasteiger charge is 2.49. The first-order valence-electron chi connectivity index (χ1n) is 3.55. The topological polar surface area (TPSA) is 20.2 Å². The van der Waals surface area contributed by atoms with E-state index in [1.54, 1.807) is 0 Å². The highest BCUT2D eigenvalue weighted by Crippen LogP contribution is 2.42. The van der Waals surface area contributed by atoms with Crippen molar-refractivity contribution in [2.24, 2.45) is 0 Å². The highest BCUT2D eigenvalue weighted by molar-refractivity contribution is 9.13. The molecule has 1 unspecified atom stereocenters. The zero-order chi connectivity index (χ0) is 11.8. The molecule has 0 aliphatic rings. The Labute approximate surface area is 103 Å². The van der Waals surface area contributed by atoms with E-state index in [1.165, 1.54) is 6.07 Å². The van der Waals surface area contributed by atoms with Crippen molar-refractivity contribution in [3.05, 3.63) is 19.2 Å². The molecule has 0 spiro atoms. The summed E-state index contributed by atoms with van der Waals surface area (Å²) in [5, 5.41) is 9.10. The Balaban J connectivity index is 2.99. The van der Waals surface area contributed by atoms with E-state index in [0.29, 0.717) is 8.26 Å². The molecule has 0 saturated heterocycles. The van der Waals surface area contributed by atoms with Crippen molar-refractivity contribution in [1.82, 2.24) is 0 Å². The summed E-state index contributed by atoms with van der Waals surface area (Å²) in [5.74, 6) is -4.44. The molecule has 0 aromatic carbocycles. The molecule has 1 aromatic heterocycles. The Morgan fingerprint density at radius 1 is 1.33 bits per heavy atom. The summed E-state index contributed by atoms with van der Waals surface area (Å²) in [6.45, 7) is 0. The van der Waals surface area contributed by atoms with Crippen LogP contribution in [0.5, 0.6) is 0 Å². The molecule has 8 heteroatoms. The molecule has 0 saturated carbocycles. The van der Waals surface area contributed by atoms with Crippen molar-refractivity contribution in [2.75, 3.05) is 0 Å². The molecule has 0 fully saturated rings. The molecule has 0 aliphatic heterocycles. The Kier molecular flexibility index (Phi) is 4.19. The molecule has 1 heterocycles. The first-order chi connectivity index (χ1) is 6.76. The van der Waals surface area contributed by atoms with E-state index >= 15 is 0 Å². The quantitative estimate of drug-likeness (QED) is 0.789. The maximum Gasteiger partial charge on any atom is 0.337 e. The first-order valence-corrected chi connectivity index (χ1v) is 5.95. The minimum atomic E-state index is -4.44. The SMILES string of the molecule is OC(c1cc(Br)c(Br)s1)C(F)(F)C(F)F. The van der Waals surface area contributed by atoms with Crippen LogP contribution in [0.1, 0.15) is 11.0 Å². The number of hydrogen-bond acceptors (Lipinski definition) is 2. The van der Waals surface area contributed by atoms with Gasteiger partial charge in [-0.3, -0.25) is 0 Å². The maximum absolute atomic E-state index is 12.7. The van der Waals surface area contributed by atoms with Crippen LogP contribution in [0.15, 0.2) is 14.3 Å². The van der Waals surface area contributed by atoms with Gasteiger partial charge < -0.3 is 5.11 Å². The molecule has 1 atom stereocenters. The third kappa shape index (κ3) is 2.72. The minimum absolute atomic E-state index is 0.223. The van der Waals surface area contributed by atoms with E-state index in [4.69, 9.17) is 5.11 Å². The maximum atomic E-state index is 12.7. The molecule has 0 bridgehead atoms. The van der Waals surface area contributed by atoms with E-state index in [9.17, 15) is 17.6 Å². The molecule has 0 aliphatic carbocycles. The Bertz CT molecular complexity index is 335. The number of hydrogen-bond donors (Lipinski definition) is 1. The second-order valence-corrected chi connectivity index (χ2v) is 5.90. The first kappa shape index (κ1) is 13.4. The van der Waals surface area contributed by atoms with Gasteiger partial charge in [0.1, 0.15) is 0 Å². The fourth-order valence-corrected chi connectivity index (χ4v) is 2.93. The Hall–Kier alpha value is 0.340. The smallest absolute Gasteiger partial charge is 0.337 e. The second-order valence-electron chi connectivity index (χ2n) is 2.65. The summed E-state index contributed by atoms with van der Waals surface area (Å²) >= 11 is 6.80. The lowest BCUT2D eigenvalue weighted by atomic mass is 10.1. The molecule has 1 rings (SSSR count). The van der Waals surface area contributed by atoms with E-state index in [0.717, 1.165) is 11.3 Å². The summed E-state index contributed by atoms with van der Waals surface area (Å²) < 4.78 is 50.2. The summed E-state index contributed by atoms with van der Waals surface area (Å²) in [6, 6.07) is 1.18. The summed E-state index contributed by atoms with van der Waals surface area (Å²) in [6.07, 6.45) is -6.39. The van der Waals surface area contributed by atoms with Gasteiger partial charge in [0, 0.05) is 9.35 Å². The zero-order valence-electron chi connectivity index (χ0n) is 6.86. The molecule has 86 valence electrons. The summed E-state index contributed by atoms with van der Waals surface area (Å²) in [7, 11) is 0. The lowest BCUT2D eigenvalue weighted by molar-refractivity contribution is -0.192. The predicted octanol–water partition coefficient (Wildman–Crippen LogP) is 4.21. The zero-order valence-corrected chi connectivity index (χ0v) is 10.8. The normalized spacial score (nSPS) is 14.7. The molecule has 1 N–H and O–H groups in total. The van der Waals surface area contributed by atoms with Crippen LogP contribution in [-0.2, 0) is 0 Å². The van der Waals surface area contributed by atoms with Gasteiger partial charge in [-0.2, -0.15) is 8.78 Å². The summed E-state index contributed by atoms with van der Waals surface area (Å²) in [5.41, 5.74) is 0. The van der Waals surface area contributed by atoms with Crippen molar-refractivity contribution >= 4 is 43.2 Å². The van der Waals surface area contributed by atoms with Gasteiger partial charge in [-0.25, -0.2) is 8.78 Å². The average molecular weight is 372 g/mol. The molecule has 1 nitrogen and oxygen atoms in total. The third-order valence-corrected chi connectivity index (χ3v) is 4.90. The summed E-state index contributed by atoms with van der Waals surface area (Å²) in [4.78, 5) is -0.223. The van der Waals surface area contributed by atoms with E-state index in [2.05, 4.69) is 31.9 Å². The lowest BCUT2D eigenvalue weighted by Gasteiger charge is -2.20. The van der Waals surface area contributed by atoms with Crippen molar-refractivity contribution in [3.8, 4) is 0 Å². The Morgan fingerprint density at radius 3 is 2.20 bits per heavy atom. The van der Waals surface area contributed by atoms with Crippen LogP contribution in [0.3, 0.4) is 0 Å². The Morgan fingerprint density at radius 2 is 1.87 bits per heavy atom. The largest absolute Gasteiger partial charge is 0.381 e. The molecule has 15 heavy (non-hydrogen) atoms. The number of aliphatic hydroxyl groups is 1. The highest BCUT2D eigenvalue weighted by atomic mass is 79.9. The van der Waals surface area contributed by atoms with Crippen LogP contribution in [0.2, 0.25) is 0 Å². The fourth-order valence-electron chi connectivity index (χ4n) is 0.807. The van der Waals surface area contributed by atoms with E-state index < -0.39 is 18.5 Å². The van der Waals surface area contributed by atoms with Crippen molar-refractivity contribution < 1.29 is 22.7 Å².